The summed E-state index contributed by atoms with van der Waals surface area (Å²) < 4.78 is 47.0. The van der Waals surface area contributed by atoms with E-state index in [0.717, 1.165) is 0 Å². The smallest absolute Gasteiger partial charge is 0.465 e. The summed E-state index contributed by atoms with van der Waals surface area (Å²) in [6, 6.07) is 0. The van der Waals surface area contributed by atoms with Crippen molar-refractivity contribution >= 4 is 19.8 Å². The van der Waals surface area contributed by atoms with E-state index in [1.165, 1.54) is 20.8 Å². The summed E-state index contributed by atoms with van der Waals surface area (Å²) in [4.78, 5) is 69.3. The second kappa shape index (κ2) is 10.8. The van der Waals surface area contributed by atoms with E-state index < -0.39 is 91.3 Å². The molecule has 0 unspecified atom stereocenters. The predicted molar refractivity (Wildman–Crippen MR) is 122 cm³/mol. The Morgan fingerprint density at radius 1 is 1.11 bits per heavy atom. The Balaban J connectivity index is 2.66. The summed E-state index contributed by atoms with van der Waals surface area (Å²) in [6.45, 7) is 6.80. The third-order valence-electron chi connectivity index (χ3n) is 5.47. The van der Waals surface area contributed by atoms with Crippen LogP contribution >= 0.6 is 7.82 Å². The summed E-state index contributed by atoms with van der Waals surface area (Å²) in [7, 11) is -5.05. The van der Waals surface area contributed by atoms with E-state index in [0.29, 0.717) is 10.8 Å². The lowest BCUT2D eigenvalue weighted by atomic mass is 9.91. The van der Waals surface area contributed by atoms with Crippen LogP contribution in [-0.2, 0) is 38.6 Å². The first-order valence-corrected chi connectivity index (χ1v) is 12.6. The molecule has 1 aliphatic heterocycles. The van der Waals surface area contributed by atoms with Crippen molar-refractivity contribution in [1.82, 2.24) is 9.55 Å². The number of rotatable bonds is 8. The van der Waals surface area contributed by atoms with E-state index in [2.05, 4.69) is 4.52 Å². The molecule has 1 aromatic rings. The Hall–Kier alpha value is -2.42. The van der Waals surface area contributed by atoms with Gasteiger partial charge in [0.05, 0.1) is 35.7 Å². The number of ether oxygens (including phenoxy) is 3. The average molecular weight is 554 g/mol. The lowest BCUT2D eigenvalue weighted by Crippen LogP contribution is -2.54. The minimum Gasteiger partial charge on any atom is -0.465 e. The zero-order chi connectivity index (χ0) is 28.6. The molecule has 1 fully saturated rings. The maximum atomic E-state index is 14.3. The monoisotopic (exact) mass is 554 g/mol. The highest BCUT2D eigenvalue weighted by Crippen LogP contribution is 2.44. The van der Waals surface area contributed by atoms with Gasteiger partial charge in [-0.25, -0.2) is 9.36 Å². The third kappa shape index (κ3) is 7.33. The number of H-pyrrole nitrogens is 1. The second-order valence-electron chi connectivity index (χ2n) is 10.7. The molecule has 2 rings (SSSR count). The standard InChI is InChI=1S/C21H32FN2O12P/c1-19(2,3)16(27)33-8-11-14(25)13(9-35-37(30,31)32)36-21(11,10-34-17(28)20(4,5)6)24-7-12(22)15(26)23-18(24)29/h7,11,13-14,25H,8-10H2,1-6H3,(H,23,26,29)(H2,30,31,32)/t11-,13-,14+,21-/m1/s1. The average Bonchev–Trinajstić information content (AvgIpc) is 3.01. The van der Waals surface area contributed by atoms with Gasteiger partial charge in [-0.3, -0.25) is 28.5 Å². The van der Waals surface area contributed by atoms with Gasteiger partial charge in [0.2, 0.25) is 5.82 Å². The molecule has 1 aromatic heterocycles. The third-order valence-corrected chi connectivity index (χ3v) is 5.96. The maximum Gasteiger partial charge on any atom is 0.469 e. The molecule has 16 heteroatoms. The molecule has 210 valence electrons. The SMILES string of the molecule is CC(C)(C)C(=O)OC[C@@H]1[C@H](O)[C@@H](COP(=O)(O)O)O[C@@]1(COC(=O)C(C)(C)C)n1cc(F)c(=O)[nH]c1=O. The fraction of sp³-hybridized carbons (Fsp3) is 0.714. The first kappa shape index (κ1) is 30.8. The van der Waals surface area contributed by atoms with Crippen molar-refractivity contribution in [3.63, 3.8) is 0 Å². The highest BCUT2D eigenvalue weighted by Gasteiger charge is 2.58. The number of nitrogens with zero attached hydrogens (tertiary/aromatic N) is 1. The van der Waals surface area contributed by atoms with Crippen LogP contribution in [0.3, 0.4) is 0 Å². The molecule has 0 spiro atoms. The summed E-state index contributed by atoms with van der Waals surface area (Å²) in [5.41, 5.74) is -6.93. The van der Waals surface area contributed by atoms with Crippen LogP contribution in [0.2, 0.25) is 0 Å². The molecule has 37 heavy (non-hydrogen) atoms. The van der Waals surface area contributed by atoms with Crippen LogP contribution in [0, 0.1) is 22.6 Å². The number of hydrogen-bond acceptors (Lipinski definition) is 10. The van der Waals surface area contributed by atoms with E-state index in [-0.39, 0.29) is 0 Å². The fourth-order valence-electron chi connectivity index (χ4n) is 3.42. The number of aromatic amines is 1. The number of esters is 2. The van der Waals surface area contributed by atoms with Gasteiger partial charge in [0.1, 0.15) is 19.3 Å². The van der Waals surface area contributed by atoms with Gasteiger partial charge in [-0.15, -0.1) is 0 Å². The Kier molecular flexibility index (Phi) is 8.95. The highest BCUT2D eigenvalue weighted by atomic mass is 31.2. The van der Waals surface area contributed by atoms with Crippen molar-refractivity contribution in [3.05, 3.63) is 32.9 Å². The molecule has 0 aliphatic carbocycles. The van der Waals surface area contributed by atoms with E-state index >= 15 is 0 Å². The molecule has 0 radical (unpaired) electrons. The van der Waals surface area contributed by atoms with Crippen LogP contribution in [0.5, 0.6) is 0 Å². The Morgan fingerprint density at radius 2 is 1.65 bits per heavy atom. The number of aliphatic hydroxyl groups is 1. The summed E-state index contributed by atoms with van der Waals surface area (Å²) in [5.74, 6) is -4.42. The van der Waals surface area contributed by atoms with Crippen molar-refractivity contribution in [2.45, 2.75) is 59.5 Å². The van der Waals surface area contributed by atoms with Crippen LogP contribution in [0.15, 0.2) is 15.8 Å². The lowest BCUT2D eigenvalue weighted by Gasteiger charge is -2.36. The number of carbonyl (C=O) groups excluding carboxylic acids is 2. The lowest BCUT2D eigenvalue weighted by molar-refractivity contribution is -0.193. The minimum atomic E-state index is -5.05. The zero-order valence-electron chi connectivity index (χ0n) is 21.2. The summed E-state index contributed by atoms with van der Waals surface area (Å²) in [6.07, 6.45) is -2.86. The summed E-state index contributed by atoms with van der Waals surface area (Å²) in [5, 5.41) is 11.0. The van der Waals surface area contributed by atoms with E-state index in [9.17, 15) is 33.2 Å². The first-order valence-electron chi connectivity index (χ1n) is 11.1. The molecule has 0 bridgehead atoms. The number of hydrogen-bond donors (Lipinski definition) is 4. The number of phosphoric ester groups is 1. The molecular formula is C21H32FN2O12P. The Morgan fingerprint density at radius 3 is 2.16 bits per heavy atom. The number of carbonyl (C=O) groups is 2. The van der Waals surface area contributed by atoms with E-state index in [4.69, 9.17) is 24.0 Å². The Labute approximate surface area is 210 Å². The molecule has 4 N–H and O–H groups in total. The number of phosphoric acid groups is 1. The minimum absolute atomic E-state index is 0.462. The van der Waals surface area contributed by atoms with Gasteiger partial charge >= 0.3 is 25.5 Å². The van der Waals surface area contributed by atoms with Gasteiger partial charge in [0.15, 0.2) is 5.72 Å². The van der Waals surface area contributed by atoms with Crippen LogP contribution in [-0.4, -0.2) is 68.4 Å². The van der Waals surface area contributed by atoms with Crippen LogP contribution in [0.25, 0.3) is 0 Å². The van der Waals surface area contributed by atoms with Crippen molar-refractivity contribution < 1.29 is 52.2 Å². The van der Waals surface area contributed by atoms with Gasteiger partial charge in [0.25, 0.3) is 5.56 Å². The normalized spacial score (nSPS) is 24.6. The quantitative estimate of drug-likeness (QED) is 0.248. The second-order valence-corrected chi connectivity index (χ2v) is 11.9. The molecular weight excluding hydrogens is 522 g/mol. The largest absolute Gasteiger partial charge is 0.469 e. The number of aromatic nitrogens is 2. The van der Waals surface area contributed by atoms with Crippen molar-refractivity contribution in [1.29, 1.82) is 0 Å². The predicted octanol–water partition coefficient (Wildman–Crippen LogP) is -0.00770. The van der Waals surface area contributed by atoms with Crippen molar-refractivity contribution in [3.8, 4) is 0 Å². The van der Waals surface area contributed by atoms with Gasteiger partial charge in [0, 0.05) is 0 Å². The van der Waals surface area contributed by atoms with Crippen molar-refractivity contribution in [2.75, 3.05) is 19.8 Å². The van der Waals surface area contributed by atoms with Crippen LogP contribution < -0.4 is 11.2 Å². The molecule has 1 saturated heterocycles. The number of halogens is 1. The molecule has 4 atom stereocenters. The topological polar surface area (TPSA) is 204 Å². The Bertz CT molecular complexity index is 1180. The summed E-state index contributed by atoms with van der Waals surface area (Å²) >= 11 is 0. The molecule has 14 nitrogen and oxygen atoms in total. The molecule has 0 amide bonds. The number of nitrogens with one attached hydrogen (secondary N) is 1. The molecule has 0 saturated carbocycles. The van der Waals surface area contributed by atoms with Gasteiger partial charge in [-0.05, 0) is 41.5 Å². The van der Waals surface area contributed by atoms with E-state index in [1.54, 1.807) is 25.8 Å². The highest BCUT2D eigenvalue weighted by molar-refractivity contribution is 7.46. The number of aliphatic hydroxyl groups excluding tert-OH is 1. The first-order chi connectivity index (χ1) is 16.7. The molecule has 1 aliphatic rings. The van der Waals surface area contributed by atoms with Crippen LogP contribution in [0.4, 0.5) is 4.39 Å². The van der Waals surface area contributed by atoms with Crippen LogP contribution in [0.1, 0.15) is 41.5 Å². The zero-order valence-corrected chi connectivity index (χ0v) is 22.1. The maximum absolute atomic E-state index is 14.3. The molecule has 2 heterocycles. The van der Waals surface area contributed by atoms with Gasteiger partial charge in [-0.1, -0.05) is 0 Å². The van der Waals surface area contributed by atoms with Gasteiger partial charge in [-0.2, -0.15) is 4.39 Å². The molecule has 0 aromatic carbocycles. The van der Waals surface area contributed by atoms with Gasteiger partial charge < -0.3 is 29.1 Å². The van der Waals surface area contributed by atoms with Crippen molar-refractivity contribution in [2.24, 2.45) is 16.7 Å². The van der Waals surface area contributed by atoms with E-state index in [1.807, 2.05) is 0 Å². The fourth-order valence-corrected chi connectivity index (χ4v) is 3.76.